The summed E-state index contributed by atoms with van der Waals surface area (Å²) in [6.45, 7) is -0.112. The Hall–Kier alpha value is -3.34. The van der Waals surface area contributed by atoms with Gasteiger partial charge in [0.05, 0.1) is 18.4 Å². The lowest BCUT2D eigenvalue weighted by Crippen LogP contribution is -2.38. The Bertz CT molecular complexity index is 1180. The van der Waals surface area contributed by atoms with Crippen LogP contribution in [0.2, 0.25) is 0 Å². The highest BCUT2D eigenvalue weighted by Crippen LogP contribution is 2.30. The van der Waals surface area contributed by atoms with Crippen molar-refractivity contribution in [3.63, 3.8) is 0 Å². The summed E-state index contributed by atoms with van der Waals surface area (Å²) in [5.74, 6) is -2.62. The molecule has 0 radical (unpaired) electrons. The van der Waals surface area contributed by atoms with E-state index < -0.39 is 12.0 Å². The number of fused-ring (bicyclic) bond motifs is 2. The zero-order valence-corrected chi connectivity index (χ0v) is 14.9. The van der Waals surface area contributed by atoms with Gasteiger partial charge in [-0.25, -0.2) is 22.8 Å². The lowest BCUT2D eigenvalue weighted by Gasteiger charge is -2.19. The number of nitrogens with two attached hydrogens (primary N) is 1. The molecule has 11 heteroatoms. The molecular formula is C17H17F2N9. The van der Waals surface area contributed by atoms with Crippen molar-refractivity contribution in [3.05, 3.63) is 36.8 Å². The highest BCUT2D eigenvalue weighted by atomic mass is 19.3. The van der Waals surface area contributed by atoms with Gasteiger partial charge in [-0.15, -0.1) is 5.10 Å². The predicted molar refractivity (Wildman–Crippen MR) is 99.2 cm³/mol. The minimum absolute atomic E-state index is 0.0614. The number of hydrogen-bond acceptors (Lipinski definition) is 7. The number of likely N-dealkylation sites (tertiary alicyclic amines) is 1. The zero-order chi connectivity index (χ0) is 19.5. The Morgan fingerprint density at radius 3 is 2.79 bits per heavy atom. The lowest BCUT2D eigenvalue weighted by molar-refractivity contribution is 0.00584. The number of likely N-dealkylation sites (N-methyl/N-ethyl adjacent to an activating group) is 1. The third kappa shape index (κ3) is 2.62. The first-order valence-electron chi connectivity index (χ1n) is 8.69. The van der Waals surface area contributed by atoms with Crippen LogP contribution in [0, 0.1) is 0 Å². The molecule has 1 atom stereocenters. The smallest absolute Gasteiger partial charge is 0.281 e. The number of rotatable bonds is 3. The third-order valence-corrected chi connectivity index (χ3v) is 4.86. The molecule has 4 aromatic heterocycles. The van der Waals surface area contributed by atoms with Crippen molar-refractivity contribution < 1.29 is 8.78 Å². The maximum absolute atomic E-state index is 14.1. The largest absolute Gasteiger partial charge is 0.382 e. The summed E-state index contributed by atoms with van der Waals surface area (Å²) < 4.78 is 31.3. The van der Waals surface area contributed by atoms with Crippen molar-refractivity contribution >= 4 is 22.9 Å². The van der Waals surface area contributed by atoms with Gasteiger partial charge in [0, 0.05) is 30.6 Å². The van der Waals surface area contributed by atoms with Gasteiger partial charge in [0.25, 0.3) is 5.92 Å². The molecular weight excluding hydrogens is 368 g/mol. The lowest BCUT2D eigenvalue weighted by atomic mass is 10.2. The first kappa shape index (κ1) is 16.8. The Kier molecular flexibility index (Phi) is 3.50. The standard InChI is InChI=1S/C17H17F2N9/c1-26-8-12(17(18,19)9-26)23-16-24-15(20)14-10(3-6-28(14)25-16)11-4-7-27-13(22-11)2-5-21-27/h2-7,12H,8-9H2,1H3,(H3,20,23,24,25)/t12-/m1/s1. The summed E-state index contributed by atoms with van der Waals surface area (Å²) in [5.41, 5.74) is 8.85. The van der Waals surface area contributed by atoms with Gasteiger partial charge in [0.2, 0.25) is 5.95 Å². The number of halogens is 2. The molecule has 0 aromatic carbocycles. The molecule has 4 aromatic rings. The molecule has 28 heavy (non-hydrogen) atoms. The summed E-state index contributed by atoms with van der Waals surface area (Å²) >= 11 is 0. The van der Waals surface area contributed by atoms with Crippen LogP contribution in [0.25, 0.3) is 22.4 Å². The molecule has 0 unspecified atom stereocenters. The van der Waals surface area contributed by atoms with Crippen molar-refractivity contribution in [2.75, 3.05) is 31.2 Å². The Labute approximate surface area is 157 Å². The first-order chi connectivity index (χ1) is 13.4. The maximum atomic E-state index is 14.1. The second kappa shape index (κ2) is 5.83. The average molecular weight is 385 g/mol. The minimum Gasteiger partial charge on any atom is -0.382 e. The fourth-order valence-corrected chi connectivity index (χ4v) is 3.57. The summed E-state index contributed by atoms with van der Waals surface area (Å²) in [4.78, 5) is 10.3. The summed E-state index contributed by atoms with van der Waals surface area (Å²) in [7, 11) is 1.65. The highest BCUT2D eigenvalue weighted by Gasteiger charge is 2.47. The summed E-state index contributed by atoms with van der Waals surface area (Å²) in [6, 6.07) is 4.35. The van der Waals surface area contributed by atoms with Gasteiger partial charge < -0.3 is 11.1 Å². The van der Waals surface area contributed by atoms with Crippen LogP contribution in [0.15, 0.2) is 36.8 Å². The van der Waals surface area contributed by atoms with E-state index in [2.05, 4.69) is 25.5 Å². The first-order valence-corrected chi connectivity index (χ1v) is 8.69. The maximum Gasteiger partial charge on any atom is 0.281 e. The molecule has 0 bridgehead atoms. The van der Waals surface area contributed by atoms with Gasteiger partial charge in [0.15, 0.2) is 11.5 Å². The fourth-order valence-electron chi connectivity index (χ4n) is 3.57. The topological polar surface area (TPSA) is 102 Å². The summed E-state index contributed by atoms with van der Waals surface area (Å²) in [5, 5.41) is 11.2. The molecule has 9 nitrogen and oxygen atoms in total. The van der Waals surface area contributed by atoms with E-state index >= 15 is 0 Å². The van der Waals surface area contributed by atoms with Crippen LogP contribution in [0.5, 0.6) is 0 Å². The highest BCUT2D eigenvalue weighted by molar-refractivity contribution is 5.86. The van der Waals surface area contributed by atoms with Gasteiger partial charge in [-0.2, -0.15) is 10.1 Å². The van der Waals surface area contributed by atoms with E-state index in [1.54, 1.807) is 41.1 Å². The van der Waals surface area contributed by atoms with Crippen molar-refractivity contribution in [2.24, 2.45) is 0 Å². The number of nitrogens with one attached hydrogen (secondary N) is 1. The summed E-state index contributed by atoms with van der Waals surface area (Å²) in [6.07, 6.45) is 5.16. The van der Waals surface area contributed by atoms with Gasteiger partial charge >= 0.3 is 0 Å². The van der Waals surface area contributed by atoms with Gasteiger partial charge in [-0.3, -0.25) is 4.90 Å². The van der Waals surface area contributed by atoms with Gasteiger partial charge in [-0.05, 0) is 19.2 Å². The van der Waals surface area contributed by atoms with Crippen LogP contribution in [0.4, 0.5) is 20.5 Å². The Morgan fingerprint density at radius 2 is 2.00 bits per heavy atom. The van der Waals surface area contributed by atoms with Gasteiger partial charge in [0.1, 0.15) is 11.6 Å². The molecule has 1 aliphatic heterocycles. The van der Waals surface area contributed by atoms with E-state index in [0.29, 0.717) is 16.9 Å². The van der Waals surface area contributed by atoms with E-state index in [9.17, 15) is 8.78 Å². The van der Waals surface area contributed by atoms with Gasteiger partial charge in [-0.1, -0.05) is 0 Å². The monoisotopic (exact) mass is 385 g/mol. The molecule has 0 spiro atoms. The van der Waals surface area contributed by atoms with Crippen LogP contribution in [0.1, 0.15) is 0 Å². The van der Waals surface area contributed by atoms with E-state index in [1.807, 2.05) is 12.1 Å². The predicted octanol–water partition coefficient (Wildman–Crippen LogP) is 1.38. The minimum atomic E-state index is -2.87. The molecule has 1 saturated heterocycles. The molecule has 0 saturated carbocycles. The van der Waals surface area contributed by atoms with E-state index in [0.717, 1.165) is 5.56 Å². The molecule has 3 N–H and O–H groups in total. The third-order valence-electron chi connectivity index (χ3n) is 4.86. The second-order valence-electron chi connectivity index (χ2n) is 6.94. The molecule has 1 aliphatic rings. The molecule has 1 fully saturated rings. The number of hydrogen-bond donors (Lipinski definition) is 2. The average Bonchev–Trinajstić information content (AvgIpc) is 3.31. The quantitative estimate of drug-likeness (QED) is 0.549. The second-order valence-corrected chi connectivity index (χ2v) is 6.94. The van der Waals surface area contributed by atoms with Crippen LogP contribution in [-0.4, -0.2) is 66.2 Å². The van der Waals surface area contributed by atoms with E-state index in [1.165, 1.54) is 4.52 Å². The molecule has 0 aliphatic carbocycles. The number of aromatic nitrogens is 6. The SMILES string of the molecule is CN1C[C@@H](Nc2nc(N)c3c(-c4ccn5nccc5n4)ccn3n2)C(F)(F)C1. The normalized spacial score (nSPS) is 19.6. The Morgan fingerprint density at radius 1 is 1.18 bits per heavy atom. The number of alkyl halides is 2. The van der Waals surface area contributed by atoms with Crippen molar-refractivity contribution in [3.8, 4) is 11.3 Å². The van der Waals surface area contributed by atoms with E-state index in [4.69, 9.17) is 5.73 Å². The van der Waals surface area contributed by atoms with Crippen molar-refractivity contribution in [2.45, 2.75) is 12.0 Å². The van der Waals surface area contributed by atoms with Crippen LogP contribution >= 0.6 is 0 Å². The fraction of sp³-hybridized carbons (Fsp3) is 0.294. The molecule has 144 valence electrons. The van der Waals surface area contributed by atoms with Crippen molar-refractivity contribution in [1.82, 2.24) is 34.1 Å². The van der Waals surface area contributed by atoms with Crippen LogP contribution in [0.3, 0.4) is 0 Å². The molecule has 0 amide bonds. The van der Waals surface area contributed by atoms with E-state index in [-0.39, 0.29) is 24.9 Å². The number of nitrogen functional groups attached to an aromatic ring is 1. The van der Waals surface area contributed by atoms with Crippen LogP contribution < -0.4 is 11.1 Å². The molecule has 5 heterocycles. The Balaban J connectivity index is 1.53. The number of nitrogens with zero attached hydrogens (tertiary/aromatic N) is 7. The zero-order valence-electron chi connectivity index (χ0n) is 14.9. The molecule has 5 rings (SSSR count). The number of anilines is 2. The van der Waals surface area contributed by atoms with Crippen LogP contribution in [-0.2, 0) is 0 Å². The van der Waals surface area contributed by atoms with Crippen molar-refractivity contribution in [1.29, 1.82) is 0 Å².